The second-order valence-electron chi connectivity index (χ2n) is 0.949. The maximum atomic E-state index is 10.8. The zero-order valence-corrected chi connectivity index (χ0v) is 12.4. The molecule has 0 aliphatic heterocycles. The van der Waals surface area contributed by atoms with Gasteiger partial charge in [0.2, 0.25) is 0 Å². The number of nitrogens with one attached hydrogen (secondary N) is 1. The summed E-state index contributed by atoms with van der Waals surface area (Å²) in [5.41, 5.74) is -5.42. The first-order chi connectivity index (χ1) is 3.25. The van der Waals surface area contributed by atoms with Crippen LogP contribution >= 0.6 is 0 Å². The molecule has 0 heterocycles. The average Bonchev–Trinajstić information content (AvgIpc) is 1.25. The van der Waals surface area contributed by atoms with Gasteiger partial charge in [-0.05, 0) is 0 Å². The molecule has 0 aromatic rings. The van der Waals surface area contributed by atoms with Gasteiger partial charge in [0, 0.05) is 0 Å². The average molecular weight is 226 g/mol. The zero-order chi connectivity index (χ0) is 7.00. The van der Waals surface area contributed by atoms with Crippen LogP contribution in [0.4, 0.5) is 13.2 Å². The van der Waals surface area contributed by atoms with Crippen molar-refractivity contribution in [3.05, 3.63) is 5.14 Å². The van der Waals surface area contributed by atoms with Crippen LogP contribution in [0, 0.1) is 0 Å². The molecular formula is CHF3K2NO2S+. The third-order valence-electron chi connectivity index (χ3n) is 0.305. The van der Waals surface area contributed by atoms with Crippen LogP contribution in [0.5, 0.6) is 0 Å². The molecule has 0 atom stereocenters. The SMILES string of the molecule is [K+].[K+].[NH-]S(=O)(=O)C(F)(F)F. The summed E-state index contributed by atoms with van der Waals surface area (Å²) in [6.07, 6.45) is 0. The standard InChI is InChI=1S/CHF3NO2S.2K/c2-1(3,4)8(5,6)7;;/h(H-,5,6,7);;/q-1;2*+1. The Morgan fingerprint density at radius 2 is 1.20 bits per heavy atom. The molecule has 9 heteroatoms. The summed E-state index contributed by atoms with van der Waals surface area (Å²) in [5, 5.41) is 5.43. The van der Waals surface area contributed by atoms with Crippen LogP contribution in [-0.4, -0.2) is 13.9 Å². The number of hydrogen-bond donors (Lipinski definition) is 0. The molecule has 0 aliphatic rings. The van der Waals surface area contributed by atoms with Gasteiger partial charge in [0.25, 0.3) is 0 Å². The maximum absolute atomic E-state index is 10.8. The minimum atomic E-state index is -5.59. The number of alkyl halides is 3. The molecule has 1 N–H and O–H groups in total. The molecule has 50 valence electrons. The van der Waals surface area contributed by atoms with Crippen molar-refractivity contribution in [1.82, 2.24) is 0 Å². The molecule has 0 unspecified atom stereocenters. The van der Waals surface area contributed by atoms with Crippen LogP contribution < -0.4 is 103 Å². The molecule has 0 rings (SSSR count). The fourth-order valence-corrected chi connectivity index (χ4v) is 0. The van der Waals surface area contributed by atoms with Crippen LogP contribution in [0.15, 0.2) is 0 Å². The van der Waals surface area contributed by atoms with E-state index < -0.39 is 15.5 Å². The van der Waals surface area contributed by atoms with E-state index in [1.165, 1.54) is 0 Å². The fraction of sp³-hybridized carbons (Fsp3) is 1.00. The molecule has 0 amide bonds. The summed E-state index contributed by atoms with van der Waals surface area (Å²) >= 11 is 0. The fourth-order valence-electron chi connectivity index (χ4n) is 0. The Morgan fingerprint density at radius 1 is 1.10 bits per heavy atom. The third-order valence-corrected chi connectivity index (χ3v) is 0.914. The molecule has 10 heavy (non-hydrogen) atoms. The molecule has 0 fully saturated rings. The van der Waals surface area contributed by atoms with E-state index in [9.17, 15) is 21.6 Å². The van der Waals surface area contributed by atoms with Gasteiger partial charge in [0.05, 0.1) is 0 Å². The van der Waals surface area contributed by atoms with Gasteiger partial charge in [-0.15, -0.1) is 0 Å². The van der Waals surface area contributed by atoms with Gasteiger partial charge in [-0.2, -0.15) is 13.2 Å². The van der Waals surface area contributed by atoms with Crippen LogP contribution in [0.25, 0.3) is 5.14 Å². The van der Waals surface area contributed by atoms with Gasteiger partial charge in [-0.25, -0.2) is 8.42 Å². The number of rotatable bonds is 0. The summed E-state index contributed by atoms with van der Waals surface area (Å²) in [7, 11) is -5.59. The number of sulfonamides is 1. The van der Waals surface area contributed by atoms with E-state index in [1.807, 2.05) is 0 Å². The molecular weight excluding hydrogens is 225 g/mol. The molecule has 0 aromatic carbocycles. The van der Waals surface area contributed by atoms with Crippen LogP contribution in [-0.2, 0) is 10.0 Å². The summed E-state index contributed by atoms with van der Waals surface area (Å²) in [6, 6.07) is 0. The van der Waals surface area contributed by atoms with Crippen molar-refractivity contribution >= 4 is 10.0 Å². The van der Waals surface area contributed by atoms with E-state index in [0.717, 1.165) is 0 Å². The second-order valence-corrected chi connectivity index (χ2v) is 2.42. The van der Waals surface area contributed by atoms with Gasteiger partial charge in [-0.3, -0.25) is 0 Å². The largest absolute Gasteiger partial charge is 1.00 e. The minimum Gasteiger partial charge on any atom is -0.556 e. The first kappa shape index (κ1) is 18.7. The zero-order valence-electron chi connectivity index (χ0n) is 5.36. The Hall–Kier alpha value is 2.97. The Balaban J connectivity index is -0.000000245. The first-order valence-electron chi connectivity index (χ1n) is 1.31. The van der Waals surface area contributed by atoms with Crippen LogP contribution in [0.3, 0.4) is 0 Å². The van der Waals surface area contributed by atoms with E-state index in [0.29, 0.717) is 0 Å². The van der Waals surface area contributed by atoms with Gasteiger partial charge in [0.15, 0.2) is 10.0 Å². The molecule has 0 spiro atoms. The first-order valence-corrected chi connectivity index (χ1v) is 2.79. The van der Waals surface area contributed by atoms with Crippen molar-refractivity contribution in [2.45, 2.75) is 5.51 Å². The van der Waals surface area contributed by atoms with Crippen molar-refractivity contribution in [1.29, 1.82) is 0 Å². The van der Waals surface area contributed by atoms with Gasteiger partial charge in [0.1, 0.15) is 0 Å². The smallest absolute Gasteiger partial charge is 0.556 e. The minimum absolute atomic E-state index is 0. The Bertz CT molecular complexity index is 173. The predicted molar refractivity (Wildman–Crippen MR) is 19.3 cm³/mol. The number of hydrogen-bond acceptors (Lipinski definition) is 2. The van der Waals surface area contributed by atoms with Crippen molar-refractivity contribution in [2.75, 3.05) is 0 Å². The Labute approximate surface area is 141 Å². The predicted octanol–water partition coefficient (Wildman–Crippen LogP) is -5.10. The van der Waals surface area contributed by atoms with E-state index in [4.69, 9.17) is 5.14 Å². The molecule has 0 aliphatic carbocycles. The summed E-state index contributed by atoms with van der Waals surface area (Å²) in [4.78, 5) is 0. The third kappa shape index (κ3) is 7.61. The van der Waals surface area contributed by atoms with E-state index in [1.54, 1.807) is 0 Å². The summed E-state index contributed by atoms with van der Waals surface area (Å²) in [6.45, 7) is 0. The molecule has 0 radical (unpaired) electrons. The summed E-state index contributed by atoms with van der Waals surface area (Å²) in [5.74, 6) is 0. The molecule has 0 aromatic heterocycles. The molecule has 0 bridgehead atoms. The Morgan fingerprint density at radius 3 is 1.20 bits per heavy atom. The monoisotopic (exact) mass is 226 g/mol. The van der Waals surface area contributed by atoms with Gasteiger partial charge in [-0.1, -0.05) is 0 Å². The van der Waals surface area contributed by atoms with Crippen molar-refractivity contribution < 1.29 is 124 Å². The van der Waals surface area contributed by atoms with Crippen LogP contribution in [0.1, 0.15) is 0 Å². The number of halogens is 3. The van der Waals surface area contributed by atoms with Crippen molar-refractivity contribution in [3.8, 4) is 0 Å². The maximum Gasteiger partial charge on any atom is 1.00 e. The van der Waals surface area contributed by atoms with Gasteiger partial charge >= 0.3 is 108 Å². The Kier molecular flexibility index (Phi) is 12.0. The molecule has 0 saturated carbocycles. The quantitative estimate of drug-likeness (QED) is 0.388. The normalized spacial score (nSPS) is 11.2. The van der Waals surface area contributed by atoms with Crippen molar-refractivity contribution in [2.24, 2.45) is 0 Å². The molecule has 0 saturated heterocycles. The van der Waals surface area contributed by atoms with Gasteiger partial charge < -0.3 is 5.14 Å². The van der Waals surface area contributed by atoms with E-state index >= 15 is 0 Å². The topological polar surface area (TPSA) is 57.9 Å². The van der Waals surface area contributed by atoms with Crippen LogP contribution in [0.2, 0.25) is 0 Å². The second kappa shape index (κ2) is 6.43. The summed E-state index contributed by atoms with van der Waals surface area (Å²) < 4.78 is 50.8. The molecule has 3 nitrogen and oxygen atoms in total. The van der Waals surface area contributed by atoms with Crippen molar-refractivity contribution in [3.63, 3.8) is 0 Å². The van der Waals surface area contributed by atoms with E-state index in [2.05, 4.69) is 0 Å². The van der Waals surface area contributed by atoms with E-state index in [-0.39, 0.29) is 103 Å².